The van der Waals surface area contributed by atoms with E-state index in [9.17, 15) is 14.4 Å². The molecule has 3 amide bonds. The third-order valence-corrected chi connectivity index (χ3v) is 4.59. The summed E-state index contributed by atoms with van der Waals surface area (Å²) in [5.74, 6) is 0.483. The van der Waals surface area contributed by atoms with Crippen LogP contribution in [0.2, 0.25) is 0 Å². The molecule has 2 saturated heterocycles. The van der Waals surface area contributed by atoms with Crippen molar-refractivity contribution in [3.05, 3.63) is 29.8 Å². The Morgan fingerprint density at radius 3 is 2.56 bits per heavy atom. The van der Waals surface area contributed by atoms with Crippen LogP contribution in [0.3, 0.4) is 0 Å². The number of hydrogen-bond acceptors (Lipinski definition) is 4. The smallest absolute Gasteiger partial charge is 0.260 e. The van der Waals surface area contributed by atoms with Crippen molar-refractivity contribution in [1.29, 1.82) is 0 Å². The molecule has 7 nitrogen and oxygen atoms in total. The fraction of sp³-hybridized carbons (Fsp3) is 0.500. The van der Waals surface area contributed by atoms with Crippen LogP contribution >= 0.6 is 0 Å². The molecule has 2 aliphatic rings. The second-order valence-corrected chi connectivity index (χ2v) is 6.47. The van der Waals surface area contributed by atoms with E-state index in [-0.39, 0.29) is 24.3 Å². The SMILES string of the molecule is Cc1cccc(OCC(=O)N2CCN(C(=O)C3CCC(=O)N3)CC2)c1. The molecule has 7 heteroatoms. The monoisotopic (exact) mass is 345 g/mol. The van der Waals surface area contributed by atoms with Gasteiger partial charge in [-0.2, -0.15) is 0 Å². The maximum atomic E-state index is 12.3. The van der Waals surface area contributed by atoms with E-state index in [0.717, 1.165) is 5.56 Å². The van der Waals surface area contributed by atoms with Gasteiger partial charge in [-0.15, -0.1) is 0 Å². The highest BCUT2D eigenvalue weighted by atomic mass is 16.5. The van der Waals surface area contributed by atoms with Crippen LogP contribution in [0.5, 0.6) is 5.75 Å². The van der Waals surface area contributed by atoms with Crippen molar-refractivity contribution >= 4 is 17.7 Å². The molecule has 25 heavy (non-hydrogen) atoms. The lowest BCUT2D eigenvalue weighted by Crippen LogP contribution is -2.55. The van der Waals surface area contributed by atoms with Crippen LogP contribution in [-0.4, -0.2) is 66.3 Å². The zero-order valence-corrected chi connectivity index (χ0v) is 14.4. The maximum absolute atomic E-state index is 12.3. The van der Waals surface area contributed by atoms with E-state index in [2.05, 4.69) is 5.32 Å². The molecule has 0 aromatic heterocycles. The number of amides is 3. The van der Waals surface area contributed by atoms with E-state index in [4.69, 9.17) is 4.74 Å². The summed E-state index contributed by atoms with van der Waals surface area (Å²) in [7, 11) is 0. The number of aryl methyl sites for hydroxylation is 1. The van der Waals surface area contributed by atoms with E-state index < -0.39 is 6.04 Å². The molecule has 2 fully saturated rings. The van der Waals surface area contributed by atoms with Gasteiger partial charge in [0.1, 0.15) is 11.8 Å². The highest BCUT2D eigenvalue weighted by molar-refractivity contribution is 5.91. The first-order valence-corrected chi connectivity index (χ1v) is 8.58. The van der Waals surface area contributed by atoms with Crippen LogP contribution in [0.4, 0.5) is 0 Å². The average molecular weight is 345 g/mol. The van der Waals surface area contributed by atoms with E-state index in [1.165, 1.54) is 0 Å². The Bertz CT molecular complexity index is 668. The summed E-state index contributed by atoms with van der Waals surface area (Å²) >= 11 is 0. The van der Waals surface area contributed by atoms with E-state index in [1.807, 2.05) is 31.2 Å². The van der Waals surface area contributed by atoms with Gasteiger partial charge in [0.25, 0.3) is 5.91 Å². The molecule has 0 saturated carbocycles. The maximum Gasteiger partial charge on any atom is 0.260 e. The molecule has 0 radical (unpaired) electrons. The largest absolute Gasteiger partial charge is 0.484 e. The summed E-state index contributed by atoms with van der Waals surface area (Å²) in [6, 6.07) is 7.17. The van der Waals surface area contributed by atoms with Crippen molar-refractivity contribution in [2.24, 2.45) is 0 Å². The summed E-state index contributed by atoms with van der Waals surface area (Å²) in [5, 5.41) is 2.70. The molecular weight excluding hydrogens is 322 g/mol. The number of piperazine rings is 1. The second-order valence-electron chi connectivity index (χ2n) is 6.47. The minimum atomic E-state index is -0.403. The molecule has 0 aliphatic carbocycles. The van der Waals surface area contributed by atoms with Crippen molar-refractivity contribution in [2.75, 3.05) is 32.8 Å². The van der Waals surface area contributed by atoms with E-state index in [1.54, 1.807) is 9.80 Å². The van der Waals surface area contributed by atoms with Crippen LogP contribution in [-0.2, 0) is 14.4 Å². The Kier molecular flexibility index (Phi) is 5.21. The average Bonchev–Trinajstić information content (AvgIpc) is 3.06. The highest BCUT2D eigenvalue weighted by Gasteiger charge is 2.32. The van der Waals surface area contributed by atoms with Gasteiger partial charge in [-0.1, -0.05) is 12.1 Å². The fourth-order valence-corrected chi connectivity index (χ4v) is 3.14. The molecule has 0 bridgehead atoms. The van der Waals surface area contributed by atoms with Crippen LogP contribution in [0, 0.1) is 6.92 Å². The molecule has 1 N–H and O–H groups in total. The summed E-state index contributed by atoms with van der Waals surface area (Å²) in [5.41, 5.74) is 1.08. The van der Waals surface area contributed by atoms with Crippen molar-refractivity contribution in [3.63, 3.8) is 0 Å². The minimum absolute atomic E-state index is 0.00389. The van der Waals surface area contributed by atoms with E-state index in [0.29, 0.717) is 44.8 Å². The van der Waals surface area contributed by atoms with Gasteiger partial charge in [-0.3, -0.25) is 14.4 Å². The number of carbonyl (C=O) groups is 3. The van der Waals surface area contributed by atoms with Gasteiger partial charge in [0.2, 0.25) is 11.8 Å². The topological polar surface area (TPSA) is 79.0 Å². The molecule has 1 atom stereocenters. The molecule has 1 aromatic rings. The molecule has 3 rings (SSSR count). The molecule has 1 aromatic carbocycles. The zero-order chi connectivity index (χ0) is 17.8. The zero-order valence-electron chi connectivity index (χ0n) is 14.4. The second kappa shape index (κ2) is 7.55. The summed E-state index contributed by atoms with van der Waals surface area (Å²) in [6.07, 6.45) is 0.965. The van der Waals surface area contributed by atoms with Gasteiger partial charge in [0, 0.05) is 32.6 Å². The van der Waals surface area contributed by atoms with Crippen LogP contribution in [0.25, 0.3) is 0 Å². The van der Waals surface area contributed by atoms with Crippen LogP contribution < -0.4 is 10.1 Å². The Morgan fingerprint density at radius 2 is 1.92 bits per heavy atom. The third-order valence-electron chi connectivity index (χ3n) is 4.59. The number of rotatable bonds is 4. The van der Waals surface area contributed by atoms with Gasteiger partial charge in [0.15, 0.2) is 6.61 Å². The predicted molar refractivity (Wildman–Crippen MR) is 91.0 cm³/mol. The van der Waals surface area contributed by atoms with Gasteiger partial charge in [0.05, 0.1) is 0 Å². The van der Waals surface area contributed by atoms with Gasteiger partial charge in [-0.05, 0) is 31.0 Å². The number of nitrogens with one attached hydrogen (secondary N) is 1. The molecule has 1 unspecified atom stereocenters. The first kappa shape index (κ1) is 17.3. The minimum Gasteiger partial charge on any atom is -0.484 e. The highest BCUT2D eigenvalue weighted by Crippen LogP contribution is 2.14. The van der Waals surface area contributed by atoms with E-state index >= 15 is 0 Å². The van der Waals surface area contributed by atoms with Crippen molar-refractivity contribution in [3.8, 4) is 5.75 Å². The standard InChI is InChI=1S/C18H23N3O4/c1-13-3-2-4-14(11-13)25-12-17(23)20-7-9-21(10-8-20)18(24)15-5-6-16(22)19-15/h2-4,11,15H,5-10,12H2,1H3,(H,19,22). The number of hydrogen-bond donors (Lipinski definition) is 1. The summed E-state index contributed by atoms with van der Waals surface area (Å²) in [4.78, 5) is 39.3. The van der Waals surface area contributed by atoms with Crippen molar-refractivity contribution < 1.29 is 19.1 Å². The molecular formula is C18H23N3O4. The van der Waals surface area contributed by atoms with Crippen LogP contribution in [0.1, 0.15) is 18.4 Å². The number of carbonyl (C=O) groups excluding carboxylic acids is 3. The van der Waals surface area contributed by atoms with Crippen molar-refractivity contribution in [1.82, 2.24) is 15.1 Å². The first-order chi connectivity index (χ1) is 12.0. The Morgan fingerprint density at radius 1 is 1.20 bits per heavy atom. The quantitative estimate of drug-likeness (QED) is 0.853. The number of ether oxygens (including phenoxy) is 1. The van der Waals surface area contributed by atoms with Gasteiger partial charge >= 0.3 is 0 Å². The molecule has 2 aliphatic heterocycles. The van der Waals surface area contributed by atoms with Gasteiger partial charge < -0.3 is 19.9 Å². The predicted octanol–water partition coefficient (Wildman–Crippen LogP) is 0.323. The third kappa shape index (κ3) is 4.29. The number of benzene rings is 1. The Hall–Kier alpha value is -2.57. The first-order valence-electron chi connectivity index (χ1n) is 8.58. The summed E-state index contributed by atoms with van der Waals surface area (Å²) < 4.78 is 5.55. The van der Waals surface area contributed by atoms with Crippen molar-refractivity contribution in [2.45, 2.75) is 25.8 Å². The summed E-state index contributed by atoms with van der Waals surface area (Å²) in [6.45, 7) is 3.92. The lowest BCUT2D eigenvalue weighted by atomic mass is 10.2. The normalized spacial score (nSPS) is 20.4. The molecule has 134 valence electrons. The lowest BCUT2D eigenvalue weighted by molar-refractivity contribution is -0.141. The van der Waals surface area contributed by atoms with Crippen LogP contribution in [0.15, 0.2) is 24.3 Å². The fourth-order valence-electron chi connectivity index (χ4n) is 3.14. The Balaban J connectivity index is 1.44. The van der Waals surface area contributed by atoms with Gasteiger partial charge in [-0.25, -0.2) is 0 Å². The Labute approximate surface area is 146 Å². The number of nitrogens with zero attached hydrogens (tertiary/aromatic N) is 2. The molecule has 0 spiro atoms. The lowest BCUT2D eigenvalue weighted by Gasteiger charge is -2.35. The molecule has 2 heterocycles.